The molecule has 5 rings (SSSR count). The lowest BCUT2D eigenvalue weighted by atomic mass is 9.84. The summed E-state index contributed by atoms with van der Waals surface area (Å²) in [6.45, 7) is 4.82. The minimum absolute atomic E-state index is 0.681. The Morgan fingerprint density at radius 3 is 2.57 bits per heavy atom. The fourth-order valence-corrected chi connectivity index (χ4v) is 3.64. The first-order chi connectivity index (χ1) is 10.4. The van der Waals surface area contributed by atoms with E-state index in [-0.39, 0.29) is 0 Å². The Labute approximate surface area is 125 Å². The molecule has 0 aliphatic carbocycles. The molecule has 0 spiro atoms. The average molecular weight is 282 g/mol. The van der Waals surface area contributed by atoms with E-state index in [9.17, 15) is 0 Å². The molecule has 21 heavy (non-hydrogen) atoms. The zero-order valence-corrected chi connectivity index (χ0v) is 12.3. The van der Waals surface area contributed by atoms with E-state index in [2.05, 4.69) is 39.5 Å². The molecule has 1 atom stereocenters. The second-order valence-corrected chi connectivity index (χ2v) is 6.26. The third-order valence-electron chi connectivity index (χ3n) is 4.96. The van der Waals surface area contributed by atoms with Crippen LogP contribution in [0, 0.1) is 5.92 Å². The van der Waals surface area contributed by atoms with Crippen molar-refractivity contribution in [2.75, 3.05) is 19.6 Å². The molecule has 110 valence electrons. The van der Waals surface area contributed by atoms with Crippen LogP contribution in [0.4, 0.5) is 0 Å². The molecule has 1 aromatic heterocycles. The lowest BCUT2D eigenvalue weighted by Crippen LogP contribution is -2.55. The van der Waals surface area contributed by atoms with Crippen molar-refractivity contribution in [1.29, 1.82) is 0 Å². The maximum absolute atomic E-state index is 4.09. The summed E-state index contributed by atoms with van der Waals surface area (Å²) in [4.78, 5) is 6.68. The van der Waals surface area contributed by atoms with Crippen molar-refractivity contribution in [3.8, 4) is 5.69 Å². The molecule has 4 nitrogen and oxygen atoms in total. The highest BCUT2D eigenvalue weighted by Gasteiger charge is 2.33. The number of hydrogen-bond acceptors (Lipinski definition) is 3. The van der Waals surface area contributed by atoms with Gasteiger partial charge in [-0.1, -0.05) is 12.1 Å². The smallest absolute Gasteiger partial charge is 0.0991 e. The normalized spacial score (nSPS) is 27.9. The van der Waals surface area contributed by atoms with Crippen molar-refractivity contribution in [3.63, 3.8) is 0 Å². The topological polar surface area (TPSA) is 33.1 Å². The fraction of sp³-hybridized carbons (Fsp3) is 0.471. The van der Waals surface area contributed by atoms with Crippen LogP contribution >= 0.6 is 0 Å². The summed E-state index contributed by atoms with van der Waals surface area (Å²) >= 11 is 0. The Bertz CT molecular complexity index is 567. The van der Waals surface area contributed by atoms with E-state index in [1.54, 1.807) is 0 Å². The number of fused-ring (bicyclic) bond motifs is 3. The van der Waals surface area contributed by atoms with Gasteiger partial charge in [0.05, 0.1) is 6.33 Å². The van der Waals surface area contributed by atoms with Crippen LogP contribution in [0.25, 0.3) is 5.69 Å². The van der Waals surface area contributed by atoms with E-state index in [4.69, 9.17) is 0 Å². The zero-order chi connectivity index (χ0) is 14.1. The van der Waals surface area contributed by atoms with Crippen molar-refractivity contribution in [1.82, 2.24) is 19.8 Å². The monoisotopic (exact) mass is 282 g/mol. The highest BCUT2D eigenvalue weighted by Crippen LogP contribution is 2.27. The Hall–Kier alpha value is -1.65. The van der Waals surface area contributed by atoms with Crippen LogP contribution in [0.2, 0.25) is 0 Å². The van der Waals surface area contributed by atoms with E-state index in [1.807, 2.05) is 23.3 Å². The lowest BCUT2D eigenvalue weighted by Gasteiger charge is -2.45. The Morgan fingerprint density at radius 2 is 1.95 bits per heavy atom. The Kier molecular flexibility index (Phi) is 3.49. The quantitative estimate of drug-likeness (QED) is 0.932. The number of hydrogen-bond donors (Lipinski definition) is 1. The molecule has 0 saturated carbocycles. The van der Waals surface area contributed by atoms with E-state index >= 15 is 0 Å². The highest BCUT2D eigenvalue weighted by molar-refractivity contribution is 5.34. The van der Waals surface area contributed by atoms with Crippen LogP contribution in [-0.2, 0) is 6.54 Å². The van der Waals surface area contributed by atoms with E-state index < -0.39 is 0 Å². The molecule has 4 heterocycles. The number of piperidine rings is 3. The summed E-state index contributed by atoms with van der Waals surface area (Å²) in [6, 6.07) is 9.43. The van der Waals surface area contributed by atoms with Crippen molar-refractivity contribution in [2.45, 2.75) is 25.4 Å². The van der Waals surface area contributed by atoms with Gasteiger partial charge in [0.15, 0.2) is 0 Å². The first-order valence-electron chi connectivity index (χ1n) is 7.91. The highest BCUT2D eigenvalue weighted by atomic mass is 15.2. The predicted octanol–water partition coefficient (Wildman–Crippen LogP) is 2.06. The third-order valence-corrected chi connectivity index (χ3v) is 4.96. The number of rotatable bonds is 4. The van der Waals surface area contributed by atoms with Crippen LogP contribution < -0.4 is 5.32 Å². The van der Waals surface area contributed by atoms with Gasteiger partial charge in [-0.05, 0) is 49.5 Å². The molecule has 3 saturated heterocycles. The van der Waals surface area contributed by atoms with Crippen LogP contribution in [-0.4, -0.2) is 40.1 Å². The molecular formula is C17H22N4. The van der Waals surface area contributed by atoms with Crippen molar-refractivity contribution in [3.05, 3.63) is 48.5 Å². The number of benzene rings is 1. The summed E-state index contributed by atoms with van der Waals surface area (Å²) in [5, 5.41) is 3.76. The largest absolute Gasteiger partial charge is 0.308 e. The van der Waals surface area contributed by atoms with Gasteiger partial charge < -0.3 is 14.8 Å². The van der Waals surface area contributed by atoms with Gasteiger partial charge in [-0.15, -0.1) is 0 Å². The van der Waals surface area contributed by atoms with E-state index in [0.29, 0.717) is 6.04 Å². The first kappa shape index (κ1) is 13.0. The van der Waals surface area contributed by atoms with Crippen molar-refractivity contribution < 1.29 is 0 Å². The van der Waals surface area contributed by atoms with Crippen molar-refractivity contribution in [2.24, 2.45) is 5.92 Å². The molecule has 3 fully saturated rings. The summed E-state index contributed by atoms with van der Waals surface area (Å²) in [5.41, 5.74) is 2.52. The molecule has 2 bridgehead atoms. The molecule has 3 aliphatic heterocycles. The maximum Gasteiger partial charge on any atom is 0.0991 e. The number of nitrogens with one attached hydrogen (secondary N) is 1. The van der Waals surface area contributed by atoms with Gasteiger partial charge in [0, 0.05) is 37.2 Å². The average Bonchev–Trinajstić information content (AvgIpc) is 3.09. The minimum Gasteiger partial charge on any atom is -0.308 e. The summed E-state index contributed by atoms with van der Waals surface area (Å²) < 4.78 is 2.03. The Morgan fingerprint density at radius 1 is 1.14 bits per heavy atom. The minimum atomic E-state index is 0.681. The second-order valence-electron chi connectivity index (χ2n) is 6.26. The fourth-order valence-electron chi connectivity index (χ4n) is 3.64. The predicted molar refractivity (Wildman–Crippen MR) is 83.4 cm³/mol. The molecular weight excluding hydrogens is 260 g/mol. The summed E-state index contributed by atoms with van der Waals surface area (Å²) in [5.74, 6) is 0.889. The van der Waals surface area contributed by atoms with Crippen molar-refractivity contribution >= 4 is 0 Å². The number of imidazole rings is 1. The molecule has 4 heteroatoms. The molecule has 1 N–H and O–H groups in total. The molecule has 1 unspecified atom stereocenters. The van der Waals surface area contributed by atoms with Crippen LogP contribution in [0.5, 0.6) is 0 Å². The van der Waals surface area contributed by atoms with Gasteiger partial charge in [0.25, 0.3) is 0 Å². The maximum atomic E-state index is 4.09. The molecule has 0 amide bonds. The van der Waals surface area contributed by atoms with Gasteiger partial charge in [0.2, 0.25) is 0 Å². The third kappa shape index (κ3) is 2.74. The van der Waals surface area contributed by atoms with Crippen LogP contribution in [0.3, 0.4) is 0 Å². The van der Waals surface area contributed by atoms with Gasteiger partial charge in [0.1, 0.15) is 0 Å². The number of nitrogens with zero attached hydrogens (tertiary/aromatic N) is 3. The van der Waals surface area contributed by atoms with Gasteiger partial charge in [-0.3, -0.25) is 0 Å². The van der Waals surface area contributed by atoms with E-state index in [1.165, 1.54) is 43.7 Å². The van der Waals surface area contributed by atoms with Gasteiger partial charge in [-0.2, -0.15) is 0 Å². The summed E-state index contributed by atoms with van der Waals surface area (Å²) in [7, 11) is 0. The SMILES string of the molecule is c1cn(-c2ccc(CNC3CN4CCC3CC4)cc2)cn1. The van der Waals surface area contributed by atoms with Gasteiger partial charge >= 0.3 is 0 Å². The standard InChI is InChI=1S/C17H22N4/c1-3-16(21-10-7-18-13-21)4-2-14(1)11-19-17-12-20-8-5-15(17)6-9-20/h1-4,7,10,13,15,17,19H,5-6,8-9,11-12H2. The lowest BCUT2D eigenvalue weighted by molar-refractivity contribution is 0.0720. The van der Waals surface area contributed by atoms with Crippen LogP contribution in [0.1, 0.15) is 18.4 Å². The molecule has 1 aromatic carbocycles. The Balaban J connectivity index is 1.37. The van der Waals surface area contributed by atoms with Crippen LogP contribution in [0.15, 0.2) is 43.0 Å². The molecule has 3 aliphatic rings. The molecule has 2 aromatic rings. The number of aromatic nitrogens is 2. The summed E-state index contributed by atoms with van der Waals surface area (Å²) in [6.07, 6.45) is 8.36. The molecule has 0 radical (unpaired) electrons. The van der Waals surface area contributed by atoms with Gasteiger partial charge in [-0.25, -0.2) is 4.98 Å². The zero-order valence-electron chi connectivity index (χ0n) is 12.3. The first-order valence-corrected chi connectivity index (χ1v) is 7.91. The second kappa shape index (κ2) is 5.62. The van der Waals surface area contributed by atoms with E-state index in [0.717, 1.165) is 12.5 Å².